The Bertz CT molecular complexity index is 656. The van der Waals surface area contributed by atoms with Gasteiger partial charge in [0.1, 0.15) is 5.60 Å². The molecule has 1 aromatic carbocycles. The minimum Gasteiger partial charge on any atom is -0.382 e. The molecule has 1 aliphatic carbocycles. The van der Waals surface area contributed by atoms with E-state index in [1.54, 1.807) is 24.7 Å². The Morgan fingerprint density at radius 1 is 1.25 bits per heavy atom. The maximum Gasteiger partial charge on any atom is 0.121 e. The maximum atomic E-state index is 11.4. The van der Waals surface area contributed by atoms with Gasteiger partial charge in [-0.15, -0.1) is 0 Å². The Morgan fingerprint density at radius 2 is 2.04 bits per heavy atom. The van der Waals surface area contributed by atoms with E-state index in [9.17, 15) is 5.11 Å². The summed E-state index contributed by atoms with van der Waals surface area (Å²) in [6, 6.07) is 5.71. The number of imidazole rings is 1. The Morgan fingerprint density at radius 3 is 2.71 bits per heavy atom. The van der Waals surface area contributed by atoms with Crippen LogP contribution < -0.4 is 5.32 Å². The summed E-state index contributed by atoms with van der Waals surface area (Å²) in [5, 5.41) is 16.0. The summed E-state index contributed by atoms with van der Waals surface area (Å²) in [5.74, 6) is 0. The SMILES string of the molecule is OC(CNC1CCCCC1)(Cn1ccnc1)c1ccc(Cl)cc1Cl. The first-order valence-electron chi connectivity index (χ1n) is 8.44. The first-order valence-corrected chi connectivity index (χ1v) is 9.19. The van der Waals surface area contributed by atoms with Crippen LogP contribution in [0.25, 0.3) is 0 Å². The third-order valence-corrected chi connectivity index (χ3v) is 5.27. The quantitative estimate of drug-likeness (QED) is 0.810. The normalized spacial score (nSPS) is 18.5. The summed E-state index contributed by atoms with van der Waals surface area (Å²) >= 11 is 12.4. The van der Waals surface area contributed by atoms with Gasteiger partial charge in [-0.1, -0.05) is 48.5 Å². The van der Waals surface area contributed by atoms with E-state index >= 15 is 0 Å². The van der Waals surface area contributed by atoms with E-state index < -0.39 is 5.60 Å². The number of halogens is 2. The Labute approximate surface area is 152 Å². The zero-order chi connectivity index (χ0) is 17.0. The van der Waals surface area contributed by atoms with Gasteiger partial charge in [0.25, 0.3) is 0 Å². The third kappa shape index (κ3) is 4.31. The first-order chi connectivity index (χ1) is 11.6. The average molecular weight is 368 g/mol. The molecule has 4 nitrogen and oxygen atoms in total. The first kappa shape index (κ1) is 17.7. The summed E-state index contributed by atoms with van der Waals surface area (Å²) in [7, 11) is 0. The van der Waals surface area contributed by atoms with Gasteiger partial charge in [-0.3, -0.25) is 0 Å². The van der Waals surface area contributed by atoms with Crippen molar-refractivity contribution in [1.82, 2.24) is 14.9 Å². The second-order valence-corrected chi connectivity index (χ2v) is 7.45. The van der Waals surface area contributed by atoms with Crippen molar-refractivity contribution < 1.29 is 5.11 Å². The number of hydrogen-bond donors (Lipinski definition) is 2. The zero-order valence-electron chi connectivity index (χ0n) is 13.6. The number of benzene rings is 1. The van der Waals surface area contributed by atoms with Crippen molar-refractivity contribution in [2.45, 2.75) is 50.3 Å². The minimum absolute atomic E-state index is 0.383. The lowest BCUT2D eigenvalue weighted by Crippen LogP contribution is -2.45. The van der Waals surface area contributed by atoms with Gasteiger partial charge in [-0.25, -0.2) is 4.98 Å². The number of nitrogens with one attached hydrogen (secondary N) is 1. The van der Waals surface area contributed by atoms with E-state index in [2.05, 4.69) is 10.3 Å². The molecular weight excluding hydrogens is 345 g/mol. The molecular formula is C18H23Cl2N3O. The number of aliphatic hydroxyl groups is 1. The van der Waals surface area contributed by atoms with E-state index in [1.807, 2.05) is 16.8 Å². The molecule has 0 aliphatic heterocycles. The second kappa shape index (κ2) is 7.87. The van der Waals surface area contributed by atoms with Crippen LogP contribution in [0, 0.1) is 0 Å². The fraction of sp³-hybridized carbons (Fsp3) is 0.500. The molecule has 0 spiro atoms. The largest absolute Gasteiger partial charge is 0.382 e. The maximum absolute atomic E-state index is 11.4. The molecule has 2 aromatic rings. The average Bonchev–Trinajstić information content (AvgIpc) is 3.06. The zero-order valence-corrected chi connectivity index (χ0v) is 15.1. The fourth-order valence-corrected chi connectivity index (χ4v) is 3.99. The van der Waals surface area contributed by atoms with Crippen LogP contribution in [0.5, 0.6) is 0 Å². The van der Waals surface area contributed by atoms with Gasteiger partial charge in [0, 0.05) is 40.6 Å². The molecule has 1 fully saturated rings. The van der Waals surface area contributed by atoms with Crippen molar-refractivity contribution in [1.29, 1.82) is 0 Å². The monoisotopic (exact) mass is 367 g/mol. The molecule has 1 atom stereocenters. The predicted molar refractivity (Wildman–Crippen MR) is 97.5 cm³/mol. The van der Waals surface area contributed by atoms with Gasteiger partial charge in [-0.2, -0.15) is 0 Å². The highest BCUT2D eigenvalue weighted by atomic mass is 35.5. The van der Waals surface area contributed by atoms with E-state index in [1.165, 1.54) is 19.3 Å². The summed E-state index contributed by atoms with van der Waals surface area (Å²) in [6.45, 7) is 0.825. The highest BCUT2D eigenvalue weighted by Crippen LogP contribution is 2.32. The summed E-state index contributed by atoms with van der Waals surface area (Å²) in [6.07, 6.45) is 11.4. The molecule has 3 rings (SSSR count). The third-order valence-electron chi connectivity index (χ3n) is 4.72. The molecule has 2 N–H and O–H groups in total. The number of aromatic nitrogens is 2. The van der Waals surface area contributed by atoms with Crippen molar-refractivity contribution in [2.24, 2.45) is 0 Å². The molecule has 130 valence electrons. The van der Waals surface area contributed by atoms with Crippen molar-refractivity contribution in [3.05, 3.63) is 52.5 Å². The minimum atomic E-state index is -1.13. The van der Waals surface area contributed by atoms with Crippen molar-refractivity contribution in [3.63, 3.8) is 0 Å². The molecule has 1 unspecified atom stereocenters. The van der Waals surface area contributed by atoms with Gasteiger partial charge in [-0.05, 0) is 25.0 Å². The Kier molecular flexibility index (Phi) is 5.82. The van der Waals surface area contributed by atoms with Crippen molar-refractivity contribution in [3.8, 4) is 0 Å². The molecule has 24 heavy (non-hydrogen) atoms. The van der Waals surface area contributed by atoms with Crippen LogP contribution >= 0.6 is 23.2 Å². The van der Waals surface area contributed by atoms with Crippen molar-refractivity contribution in [2.75, 3.05) is 6.54 Å². The number of rotatable bonds is 6. The van der Waals surface area contributed by atoms with E-state index in [0.717, 1.165) is 12.8 Å². The predicted octanol–water partition coefficient (Wildman–Crippen LogP) is 4.00. The lowest BCUT2D eigenvalue weighted by atomic mass is 9.91. The summed E-state index contributed by atoms with van der Waals surface area (Å²) in [4.78, 5) is 4.06. The van der Waals surface area contributed by atoms with Crippen molar-refractivity contribution >= 4 is 23.2 Å². The highest BCUT2D eigenvalue weighted by Gasteiger charge is 2.33. The molecule has 0 saturated heterocycles. The Balaban J connectivity index is 1.82. The topological polar surface area (TPSA) is 50.1 Å². The van der Waals surface area contributed by atoms with E-state index in [4.69, 9.17) is 23.2 Å². The molecule has 1 aromatic heterocycles. The molecule has 1 heterocycles. The van der Waals surface area contributed by atoms with Crippen LogP contribution in [0.4, 0.5) is 0 Å². The van der Waals surface area contributed by atoms with Gasteiger partial charge < -0.3 is 15.0 Å². The van der Waals surface area contributed by atoms with Gasteiger partial charge in [0.15, 0.2) is 0 Å². The number of nitrogens with zero attached hydrogens (tertiary/aromatic N) is 2. The lowest BCUT2D eigenvalue weighted by Gasteiger charge is -2.33. The fourth-order valence-electron chi connectivity index (χ4n) is 3.41. The lowest BCUT2D eigenvalue weighted by molar-refractivity contribution is 0.0151. The smallest absolute Gasteiger partial charge is 0.121 e. The highest BCUT2D eigenvalue weighted by molar-refractivity contribution is 6.35. The van der Waals surface area contributed by atoms with E-state index in [-0.39, 0.29) is 0 Å². The van der Waals surface area contributed by atoms with Crippen LogP contribution in [-0.4, -0.2) is 27.2 Å². The van der Waals surface area contributed by atoms with E-state index in [0.29, 0.717) is 34.7 Å². The summed E-state index contributed by atoms with van der Waals surface area (Å²) in [5.41, 5.74) is -0.439. The molecule has 6 heteroatoms. The van der Waals surface area contributed by atoms with Gasteiger partial charge in [0.2, 0.25) is 0 Å². The van der Waals surface area contributed by atoms with Crippen LogP contribution in [-0.2, 0) is 12.1 Å². The second-order valence-electron chi connectivity index (χ2n) is 6.61. The van der Waals surface area contributed by atoms with Crippen LogP contribution in [0.3, 0.4) is 0 Å². The van der Waals surface area contributed by atoms with Crippen LogP contribution in [0.2, 0.25) is 10.0 Å². The van der Waals surface area contributed by atoms with Crippen LogP contribution in [0.1, 0.15) is 37.7 Å². The summed E-state index contributed by atoms with van der Waals surface area (Å²) < 4.78 is 1.87. The van der Waals surface area contributed by atoms with Gasteiger partial charge >= 0.3 is 0 Å². The molecule has 0 bridgehead atoms. The van der Waals surface area contributed by atoms with Crippen LogP contribution in [0.15, 0.2) is 36.9 Å². The standard InChI is InChI=1S/C18H23Cl2N3O/c19-14-6-7-16(17(20)10-14)18(24,12-23-9-8-21-13-23)11-22-15-4-2-1-3-5-15/h6-10,13,15,22,24H,1-5,11-12H2. The molecule has 0 amide bonds. The molecule has 1 saturated carbocycles. The molecule has 1 aliphatic rings. The Hall–Kier alpha value is -1.07. The number of hydrogen-bond acceptors (Lipinski definition) is 3. The molecule has 0 radical (unpaired) electrons. The van der Waals surface area contributed by atoms with Gasteiger partial charge in [0.05, 0.1) is 12.9 Å².